The van der Waals surface area contributed by atoms with Gasteiger partial charge >= 0.3 is 11.9 Å². The van der Waals surface area contributed by atoms with Crippen LogP contribution >= 0.6 is 22.6 Å². The molecule has 1 aromatic rings. The summed E-state index contributed by atoms with van der Waals surface area (Å²) in [5.41, 5.74) is 1.77. The fourth-order valence-electron chi connectivity index (χ4n) is 1.31. The maximum absolute atomic E-state index is 11.5. The minimum atomic E-state index is -0.482. The van der Waals surface area contributed by atoms with Crippen LogP contribution in [0.15, 0.2) is 0 Å². The standard InChI is InChI=1S/C10H12INO4/c1-5-8(11)6(4-7(13)15-2)9(12-5)10(14)16-3/h12H,4H2,1-3H3. The number of aromatic nitrogens is 1. The van der Waals surface area contributed by atoms with Crippen molar-refractivity contribution in [3.8, 4) is 0 Å². The summed E-state index contributed by atoms with van der Waals surface area (Å²) in [6.07, 6.45) is 0.0591. The van der Waals surface area contributed by atoms with E-state index in [2.05, 4.69) is 37.0 Å². The molecule has 0 bridgehead atoms. The number of ether oxygens (including phenoxy) is 2. The Morgan fingerprint density at radius 2 is 1.94 bits per heavy atom. The number of halogens is 1. The van der Waals surface area contributed by atoms with Gasteiger partial charge in [-0.05, 0) is 29.5 Å². The average molecular weight is 337 g/mol. The second-order valence-corrected chi connectivity index (χ2v) is 4.24. The highest BCUT2D eigenvalue weighted by atomic mass is 127. The number of hydrogen-bond donors (Lipinski definition) is 1. The summed E-state index contributed by atoms with van der Waals surface area (Å²) in [6, 6.07) is 0. The molecule has 0 aliphatic carbocycles. The molecule has 0 saturated carbocycles. The van der Waals surface area contributed by atoms with E-state index in [9.17, 15) is 9.59 Å². The van der Waals surface area contributed by atoms with Gasteiger partial charge in [-0.25, -0.2) is 4.79 Å². The minimum absolute atomic E-state index is 0.0591. The Bertz CT molecular complexity index is 425. The van der Waals surface area contributed by atoms with Gasteiger partial charge in [0, 0.05) is 14.8 Å². The molecule has 0 atom stereocenters. The summed E-state index contributed by atoms with van der Waals surface area (Å²) < 4.78 is 10.1. The van der Waals surface area contributed by atoms with Gasteiger partial charge in [0.25, 0.3) is 0 Å². The first-order chi connectivity index (χ1) is 7.51. The van der Waals surface area contributed by atoms with Gasteiger partial charge in [-0.3, -0.25) is 4.79 Å². The molecule has 1 rings (SSSR count). The molecule has 1 heterocycles. The number of hydrogen-bond acceptors (Lipinski definition) is 4. The van der Waals surface area contributed by atoms with Gasteiger partial charge in [0.15, 0.2) is 0 Å². The van der Waals surface area contributed by atoms with Gasteiger partial charge in [0.05, 0.1) is 20.6 Å². The number of aromatic amines is 1. The first kappa shape index (κ1) is 13.0. The summed E-state index contributed by atoms with van der Waals surface area (Å²) in [5, 5.41) is 0. The number of methoxy groups -OCH3 is 2. The van der Waals surface area contributed by atoms with Crippen LogP contribution in [0.25, 0.3) is 0 Å². The van der Waals surface area contributed by atoms with Gasteiger partial charge in [-0.1, -0.05) is 0 Å². The predicted molar refractivity (Wildman–Crippen MR) is 65.3 cm³/mol. The molecule has 0 saturated heterocycles. The lowest BCUT2D eigenvalue weighted by atomic mass is 10.1. The van der Waals surface area contributed by atoms with Gasteiger partial charge < -0.3 is 14.5 Å². The first-order valence-corrected chi connectivity index (χ1v) is 5.61. The van der Waals surface area contributed by atoms with E-state index in [1.54, 1.807) is 0 Å². The third-order valence-corrected chi connectivity index (χ3v) is 3.61. The second-order valence-electron chi connectivity index (χ2n) is 3.16. The SMILES string of the molecule is COC(=O)Cc1c(C(=O)OC)[nH]c(C)c1I. The quantitative estimate of drug-likeness (QED) is 0.669. The predicted octanol–water partition coefficient (Wildman–Crippen LogP) is 1.43. The Balaban J connectivity index is 3.13. The van der Waals surface area contributed by atoms with Crippen molar-refractivity contribution in [1.82, 2.24) is 4.98 Å². The van der Waals surface area contributed by atoms with Crippen LogP contribution < -0.4 is 0 Å². The summed E-state index contributed by atoms with van der Waals surface area (Å²) in [5.74, 6) is -0.869. The van der Waals surface area contributed by atoms with Crippen LogP contribution in [0.3, 0.4) is 0 Å². The smallest absolute Gasteiger partial charge is 0.354 e. The van der Waals surface area contributed by atoms with Crippen molar-refractivity contribution < 1.29 is 19.1 Å². The normalized spacial score (nSPS) is 10.0. The van der Waals surface area contributed by atoms with Gasteiger partial charge in [-0.15, -0.1) is 0 Å². The Labute approximate surface area is 107 Å². The van der Waals surface area contributed by atoms with Crippen molar-refractivity contribution in [3.05, 3.63) is 20.5 Å². The van der Waals surface area contributed by atoms with E-state index in [0.717, 1.165) is 9.26 Å². The number of nitrogens with one attached hydrogen (secondary N) is 1. The number of H-pyrrole nitrogens is 1. The Morgan fingerprint density at radius 3 is 2.44 bits per heavy atom. The maximum atomic E-state index is 11.5. The second kappa shape index (κ2) is 5.33. The van der Waals surface area contributed by atoms with Crippen LogP contribution in [0, 0.1) is 10.5 Å². The molecule has 0 aliphatic rings. The molecule has 0 aliphatic heterocycles. The molecule has 0 radical (unpaired) electrons. The highest BCUT2D eigenvalue weighted by Crippen LogP contribution is 2.22. The van der Waals surface area contributed by atoms with E-state index in [0.29, 0.717) is 11.3 Å². The average Bonchev–Trinajstić information content (AvgIpc) is 2.56. The van der Waals surface area contributed by atoms with Crippen LogP contribution in [0.1, 0.15) is 21.7 Å². The van der Waals surface area contributed by atoms with Gasteiger partial charge in [-0.2, -0.15) is 0 Å². The van der Waals surface area contributed by atoms with Crippen LogP contribution in [0.5, 0.6) is 0 Å². The number of carbonyl (C=O) groups excluding carboxylic acids is 2. The fraction of sp³-hybridized carbons (Fsp3) is 0.400. The number of aryl methyl sites for hydroxylation is 1. The zero-order valence-electron chi connectivity index (χ0n) is 9.22. The Hall–Kier alpha value is -1.05. The molecule has 88 valence electrons. The zero-order valence-corrected chi connectivity index (χ0v) is 11.4. The number of esters is 2. The summed E-state index contributed by atoms with van der Waals surface area (Å²) in [4.78, 5) is 25.6. The lowest BCUT2D eigenvalue weighted by Gasteiger charge is -2.02. The third-order valence-electron chi connectivity index (χ3n) is 2.15. The van der Waals surface area contributed by atoms with Crippen molar-refractivity contribution in [2.75, 3.05) is 14.2 Å². The molecule has 0 amide bonds. The van der Waals surface area contributed by atoms with E-state index >= 15 is 0 Å². The lowest BCUT2D eigenvalue weighted by molar-refractivity contribution is -0.139. The van der Waals surface area contributed by atoms with Gasteiger partial charge in [0.2, 0.25) is 0 Å². The van der Waals surface area contributed by atoms with Crippen LogP contribution in [-0.2, 0) is 20.7 Å². The topological polar surface area (TPSA) is 68.4 Å². The molecule has 1 aromatic heterocycles. The van der Waals surface area contributed by atoms with E-state index in [1.165, 1.54) is 14.2 Å². The number of carbonyl (C=O) groups is 2. The van der Waals surface area contributed by atoms with Crippen molar-refractivity contribution >= 4 is 34.5 Å². The van der Waals surface area contributed by atoms with Gasteiger partial charge in [0.1, 0.15) is 5.69 Å². The van der Waals surface area contributed by atoms with E-state index in [-0.39, 0.29) is 12.4 Å². The fourth-order valence-corrected chi connectivity index (χ4v) is 1.91. The van der Waals surface area contributed by atoms with Crippen LogP contribution in [0.2, 0.25) is 0 Å². The molecular weight excluding hydrogens is 325 g/mol. The van der Waals surface area contributed by atoms with E-state index in [4.69, 9.17) is 0 Å². The molecule has 6 heteroatoms. The first-order valence-electron chi connectivity index (χ1n) is 4.53. The Kier molecular flexibility index (Phi) is 4.34. The monoisotopic (exact) mass is 337 g/mol. The van der Waals surface area contributed by atoms with Crippen molar-refractivity contribution in [2.45, 2.75) is 13.3 Å². The summed E-state index contributed by atoms with van der Waals surface area (Å²) >= 11 is 2.08. The van der Waals surface area contributed by atoms with E-state index in [1.807, 2.05) is 6.92 Å². The van der Waals surface area contributed by atoms with Crippen molar-refractivity contribution in [3.63, 3.8) is 0 Å². The highest BCUT2D eigenvalue weighted by molar-refractivity contribution is 14.1. The lowest BCUT2D eigenvalue weighted by Crippen LogP contribution is -2.11. The molecule has 0 fully saturated rings. The maximum Gasteiger partial charge on any atom is 0.354 e. The molecule has 0 spiro atoms. The summed E-state index contributed by atoms with van der Waals surface area (Å²) in [6.45, 7) is 1.83. The number of rotatable bonds is 3. The molecule has 0 aromatic carbocycles. The zero-order chi connectivity index (χ0) is 12.3. The highest BCUT2D eigenvalue weighted by Gasteiger charge is 2.21. The van der Waals surface area contributed by atoms with Crippen molar-refractivity contribution in [2.24, 2.45) is 0 Å². The molecule has 5 nitrogen and oxygen atoms in total. The molecular formula is C10H12INO4. The van der Waals surface area contributed by atoms with E-state index < -0.39 is 5.97 Å². The minimum Gasteiger partial charge on any atom is -0.469 e. The molecule has 1 N–H and O–H groups in total. The third kappa shape index (κ3) is 2.55. The molecule has 16 heavy (non-hydrogen) atoms. The Morgan fingerprint density at radius 1 is 1.31 bits per heavy atom. The van der Waals surface area contributed by atoms with Crippen molar-refractivity contribution in [1.29, 1.82) is 0 Å². The van der Waals surface area contributed by atoms with Crippen LogP contribution in [-0.4, -0.2) is 31.1 Å². The van der Waals surface area contributed by atoms with Crippen LogP contribution in [0.4, 0.5) is 0 Å². The summed E-state index contributed by atoms with van der Waals surface area (Å²) in [7, 11) is 2.61. The molecule has 0 unspecified atom stereocenters. The largest absolute Gasteiger partial charge is 0.469 e.